The Kier molecular flexibility index (Phi) is 20.4. The molecule has 1 atom stereocenters. The van der Waals surface area contributed by atoms with Crippen molar-refractivity contribution >= 4 is 17.8 Å². The van der Waals surface area contributed by atoms with E-state index < -0.39 is 17.9 Å². The Hall–Kier alpha value is -0.590. The molecule has 0 aromatic carbocycles. The minimum absolute atomic E-state index is 0. The van der Waals surface area contributed by atoms with Crippen molar-refractivity contribution in [2.75, 3.05) is 0 Å². The summed E-state index contributed by atoms with van der Waals surface area (Å²) in [5.41, 5.74) is 4.99. The van der Waals surface area contributed by atoms with Gasteiger partial charge in [0.1, 0.15) is 0 Å². The number of carboxylic acid groups (broad SMARTS) is 1. The molecule has 0 aromatic heterocycles. The second-order valence-electron chi connectivity index (χ2n) is 6.73. The molecule has 0 heterocycles. The number of hydrogen-bond acceptors (Lipinski definition) is 4. The molecule has 3 N–H and O–H groups in total. The number of amides is 2. The Morgan fingerprint density at radius 2 is 1.31 bits per heavy atom. The third kappa shape index (κ3) is 18.2. The maximum Gasteiger partial charge on any atom is 1.00 e. The Morgan fingerprint density at radius 3 is 1.73 bits per heavy atom. The molecule has 0 aromatic rings. The van der Waals surface area contributed by atoms with Crippen LogP contribution >= 0.6 is 0 Å². The smallest absolute Gasteiger partial charge is 0.548 e. The molecule has 2 amide bonds. The van der Waals surface area contributed by atoms with Gasteiger partial charge in [-0.1, -0.05) is 71.1 Å². The van der Waals surface area contributed by atoms with Crippen LogP contribution in [0.3, 0.4) is 0 Å². The fraction of sp³-hybridized carbons (Fsp3) is 0.842. The van der Waals surface area contributed by atoms with Gasteiger partial charge in [0.05, 0.1) is 12.0 Å². The van der Waals surface area contributed by atoms with Gasteiger partial charge in [-0.3, -0.25) is 9.59 Å². The molecule has 7 heteroatoms. The summed E-state index contributed by atoms with van der Waals surface area (Å²) in [6, 6.07) is -1.15. The van der Waals surface area contributed by atoms with Crippen LogP contribution in [0.25, 0.3) is 0 Å². The molecule has 0 aliphatic carbocycles. The third-order valence-corrected chi connectivity index (χ3v) is 4.31. The molecule has 6 nitrogen and oxygen atoms in total. The van der Waals surface area contributed by atoms with Crippen molar-refractivity contribution in [3.05, 3.63) is 0 Å². The van der Waals surface area contributed by atoms with Crippen LogP contribution in [0.2, 0.25) is 0 Å². The molecule has 0 bridgehead atoms. The van der Waals surface area contributed by atoms with E-state index in [-0.39, 0.29) is 48.3 Å². The Morgan fingerprint density at radius 1 is 0.846 bits per heavy atom. The summed E-state index contributed by atoms with van der Waals surface area (Å²) < 4.78 is 0. The molecule has 0 unspecified atom stereocenters. The minimum Gasteiger partial charge on any atom is -0.548 e. The number of carbonyl (C=O) groups is 3. The molecule has 0 fully saturated rings. The molecule has 0 saturated carbocycles. The number of carboxylic acids is 1. The number of nitrogens with one attached hydrogen (secondary N) is 1. The predicted molar refractivity (Wildman–Crippen MR) is 96.4 cm³/mol. The average Bonchev–Trinajstić information content (AvgIpc) is 2.56. The van der Waals surface area contributed by atoms with Crippen molar-refractivity contribution < 1.29 is 49.0 Å². The number of primary amides is 1. The standard InChI is InChI=1S/C19H36N2O4.Na/c1-2-3-4-5-6-7-8-9-10-11-12-13-18(23)21-16(19(24)25)14-15-17(20)22;/h16H,2-15H2,1H3,(H2,20,22)(H,21,23)(H,24,25);/q;+1/p-1/t16-;/m0./s1. The van der Waals surface area contributed by atoms with Gasteiger partial charge in [0, 0.05) is 12.8 Å². The van der Waals surface area contributed by atoms with Gasteiger partial charge in [0.25, 0.3) is 0 Å². The van der Waals surface area contributed by atoms with Gasteiger partial charge in [-0.25, -0.2) is 0 Å². The zero-order chi connectivity index (χ0) is 18.9. The van der Waals surface area contributed by atoms with Gasteiger partial charge in [-0.05, 0) is 12.8 Å². The summed E-state index contributed by atoms with van der Waals surface area (Å²) in [6.07, 6.45) is 13.4. The van der Waals surface area contributed by atoms with Crippen LogP contribution in [0.1, 0.15) is 96.8 Å². The van der Waals surface area contributed by atoms with E-state index in [1.165, 1.54) is 51.4 Å². The van der Waals surface area contributed by atoms with Crippen molar-refractivity contribution in [3.8, 4) is 0 Å². The second kappa shape index (κ2) is 19.2. The maximum atomic E-state index is 11.7. The SMILES string of the molecule is CCCCCCCCCCCCCC(=O)N[C@@H](CCC(N)=O)C(=O)[O-].[Na+]. The average molecular weight is 378 g/mol. The van der Waals surface area contributed by atoms with Gasteiger partial charge < -0.3 is 21.0 Å². The van der Waals surface area contributed by atoms with E-state index in [1.54, 1.807) is 0 Å². The predicted octanol–water partition coefficient (Wildman–Crippen LogP) is -0.808. The quantitative estimate of drug-likeness (QED) is 0.255. The Labute approximate surface area is 180 Å². The third-order valence-electron chi connectivity index (χ3n) is 4.31. The largest absolute Gasteiger partial charge is 1.00 e. The molecule has 146 valence electrons. The fourth-order valence-electron chi connectivity index (χ4n) is 2.75. The number of unbranched alkanes of at least 4 members (excludes halogenated alkanes) is 10. The van der Waals surface area contributed by atoms with E-state index in [4.69, 9.17) is 5.73 Å². The minimum atomic E-state index is -1.38. The van der Waals surface area contributed by atoms with Crippen LogP contribution in [-0.4, -0.2) is 23.8 Å². The van der Waals surface area contributed by atoms with Gasteiger partial charge in [-0.2, -0.15) is 0 Å². The first-order chi connectivity index (χ1) is 12.0. The normalized spacial score (nSPS) is 11.4. The Balaban J connectivity index is 0. The van der Waals surface area contributed by atoms with E-state index in [2.05, 4.69) is 12.2 Å². The maximum absolute atomic E-state index is 11.7. The van der Waals surface area contributed by atoms with Crippen LogP contribution in [0, 0.1) is 0 Å². The van der Waals surface area contributed by atoms with E-state index in [0.29, 0.717) is 6.42 Å². The molecule has 26 heavy (non-hydrogen) atoms. The van der Waals surface area contributed by atoms with Gasteiger partial charge in [-0.15, -0.1) is 0 Å². The molecule has 0 aliphatic rings. The van der Waals surface area contributed by atoms with E-state index in [9.17, 15) is 19.5 Å². The summed E-state index contributed by atoms with van der Waals surface area (Å²) >= 11 is 0. The zero-order valence-electron chi connectivity index (χ0n) is 16.7. The monoisotopic (exact) mass is 378 g/mol. The molecule has 0 saturated heterocycles. The van der Waals surface area contributed by atoms with Crippen molar-refractivity contribution in [2.24, 2.45) is 5.73 Å². The van der Waals surface area contributed by atoms with Crippen LogP contribution in [0.4, 0.5) is 0 Å². The summed E-state index contributed by atoms with van der Waals surface area (Å²) in [7, 11) is 0. The number of carbonyl (C=O) groups excluding carboxylic acids is 3. The second-order valence-corrected chi connectivity index (χ2v) is 6.73. The molecule has 0 spiro atoms. The first kappa shape index (κ1) is 27.6. The van der Waals surface area contributed by atoms with Crippen LogP contribution in [0.5, 0.6) is 0 Å². The van der Waals surface area contributed by atoms with Crippen LogP contribution in [-0.2, 0) is 14.4 Å². The van der Waals surface area contributed by atoms with Gasteiger partial charge in [0.15, 0.2) is 0 Å². The molecule has 0 radical (unpaired) electrons. The van der Waals surface area contributed by atoms with Crippen molar-refractivity contribution in [1.82, 2.24) is 5.32 Å². The van der Waals surface area contributed by atoms with Gasteiger partial charge >= 0.3 is 29.6 Å². The van der Waals surface area contributed by atoms with Crippen LogP contribution < -0.4 is 45.7 Å². The van der Waals surface area contributed by atoms with E-state index in [0.717, 1.165) is 19.3 Å². The van der Waals surface area contributed by atoms with Crippen molar-refractivity contribution in [2.45, 2.75) is 103 Å². The fourth-order valence-corrected chi connectivity index (χ4v) is 2.75. The zero-order valence-corrected chi connectivity index (χ0v) is 18.7. The van der Waals surface area contributed by atoms with Crippen LogP contribution in [0.15, 0.2) is 0 Å². The van der Waals surface area contributed by atoms with E-state index in [1.807, 2.05) is 0 Å². The molecular weight excluding hydrogens is 343 g/mol. The topological polar surface area (TPSA) is 112 Å². The summed E-state index contributed by atoms with van der Waals surface area (Å²) in [6.45, 7) is 2.22. The molecule has 0 aliphatic heterocycles. The number of nitrogens with two attached hydrogens (primary N) is 1. The molecule has 0 rings (SSSR count). The van der Waals surface area contributed by atoms with E-state index >= 15 is 0 Å². The van der Waals surface area contributed by atoms with Crippen molar-refractivity contribution in [1.29, 1.82) is 0 Å². The Bertz CT molecular complexity index is 392. The molecular formula is C19H35N2NaO4. The number of rotatable bonds is 17. The first-order valence-corrected chi connectivity index (χ1v) is 9.75. The summed E-state index contributed by atoms with van der Waals surface area (Å²) in [5, 5.41) is 13.3. The van der Waals surface area contributed by atoms with Crippen molar-refractivity contribution in [3.63, 3.8) is 0 Å². The summed E-state index contributed by atoms with van der Waals surface area (Å²) in [4.78, 5) is 33.4. The number of aliphatic carboxylic acids is 1. The summed E-state index contributed by atoms with van der Waals surface area (Å²) in [5.74, 6) is -2.28. The number of hydrogen-bond donors (Lipinski definition) is 2. The van der Waals surface area contributed by atoms with Gasteiger partial charge in [0.2, 0.25) is 11.8 Å². The first-order valence-electron chi connectivity index (χ1n) is 9.75.